The van der Waals surface area contributed by atoms with E-state index in [-0.39, 0.29) is 23.7 Å². The van der Waals surface area contributed by atoms with E-state index in [2.05, 4.69) is 15.2 Å². The molecule has 1 saturated heterocycles. The summed E-state index contributed by atoms with van der Waals surface area (Å²) in [6, 6.07) is 8.37. The van der Waals surface area contributed by atoms with E-state index < -0.39 is 12.1 Å². The standard InChI is InChI=1S/C24H28F3N5O2/c1-16-5-4-9-28-20(16)30-11-13-31(14-12-30)22(34)29-17-6-7-18-19(15-17)32(10-8-23(18,2)3)21(33)24(25,26)27/h4-7,9,15H,8,10-14H2,1-3H3,(H,29,34). The van der Waals surface area contributed by atoms with Crippen molar-refractivity contribution in [3.63, 3.8) is 0 Å². The highest BCUT2D eigenvalue weighted by Crippen LogP contribution is 2.42. The summed E-state index contributed by atoms with van der Waals surface area (Å²) in [5.74, 6) is -0.997. The first kappa shape index (κ1) is 23.8. The first-order valence-corrected chi connectivity index (χ1v) is 11.2. The number of carbonyl (C=O) groups is 2. The van der Waals surface area contributed by atoms with Gasteiger partial charge in [-0.15, -0.1) is 0 Å². The molecule has 10 heteroatoms. The molecule has 1 aromatic heterocycles. The van der Waals surface area contributed by atoms with E-state index in [1.54, 1.807) is 23.2 Å². The van der Waals surface area contributed by atoms with Crippen molar-refractivity contribution in [3.8, 4) is 0 Å². The zero-order chi connectivity index (χ0) is 24.7. The Balaban J connectivity index is 1.48. The number of anilines is 3. The lowest BCUT2D eigenvalue weighted by Crippen LogP contribution is -2.50. The lowest BCUT2D eigenvalue weighted by molar-refractivity contribution is -0.170. The van der Waals surface area contributed by atoms with Crippen LogP contribution in [0.25, 0.3) is 0 Å². The molecule has 4 rings (SSSR count). The van der Waals surface area contributed by atoms with Crippen LogP contribution in [0.3, 0.4) is 0 Å². The van der Waals surface area contributed by atoms with Crippen LogP contribution >= 0.6 is 0 Å². The van der Waals surface area contributed by atoms with Crippen molar-refractivity contribution >= 4 is 29.1 Å². The maximum atomic E-state index is 13.2. The van der Waals surface area contributed by atoms with E-state index in [0.29, 0.717) is 43.9 Å². The van der Waals surface area contributed by atoms with Crippen LogP contribution in [0.1, 0.15) is 31.4 Å². The lowest BCUT2D eigenvalue weighted by Gasteiger charge is -2.39. The van der Waals surface area contributed by atoms with E-state index in [0.717, 1.165) is 16.3 Å². The summed E-state index contributed by atoms with van der Waals surface area (Å²) in [7, 11) is 0. The number of benzene rings is 1. The molecule has 0 unspecified atom stereocenters. The SMILES string of the molecule is Cc1cccnc1N1CCN(C(=O)Nc2ccc3c(c2)N(C(=O)C(F)(F)F)CCC3(C)C)CC1. The number of hydrogen-bond acceptors (Lipinski definition) is 4. The van der Waals surface area contributed by atoms with Crippen LogP contribution in [-0.4, -0.2) is 60.7 Å². The topological polar surface area (TPSA) is 68.8 Å². The van der Waals surface area contributed by atoms with Gasteiger partial charge in [0.15, 0.2) is 0 Å². The molecule has 2 aromatic rings. The molecule has 0 radical (unpaired) electrons. The van der Waals surface area contributed by atoms with Gasteiger partial charge in [-0.1, -0.05) is 26.0 Å². The van der Waals surface area contributed by atoms with Crippen molar-refractivity contribution in [1.29, 1.82) is 0 Å². The third-order valence-electron chi connectivity index (χ3n) is 6.57. The van der Waals surface area contributed by atoms with E-state index in [1.807, 2.05) is 32.9 Å². The molecule has 182 valence electrons. The number of rotatable bonds is 2. The number of alkyl halides is 3. The van der Waals surface area contributed by atoms with Gasteiger partial charge in [-0.2, -0.15) is 13.2 Å². The van der Waals surface area contributed by atoms with Crippen molar-refractivity contribution in [2.45, 2.75) is 38.8 Å². The fraction of sp³-hybridized carbons (Fsp3) is 0.458. The number of halogens is 3. The number of aryl methyl sites for hydroxylation is 1. The largest absolute Gasteiger partial charge is 0.471 e. The molecule has 1 fully saturated rings. The highest BCUT2D eigenvalue weighted by atomic mass is 19.4. The summed E-state index contributed by atoms with van der Waals surface area (Å²) in [5.41, 5.74) is 1.86. The molecule has 2 aliphatic rings. The van der Waals surface area contributed by atoms with Gasteiger partial charge in [-0.3, -0.25) is 4.79 Å². The minimum absolute atomic E-state index is 0.0371. The van der Waals surface area contributed by atoms with E-state index in [9.17, 15) is 22.8 Å². The monoisotopic (exact) mass is 475 g/mol. The summed E-state index contributed by atoms with van der Waals surface area (Å²) in [4.78, 5) is 33.9. The van der Waals surface area contributed by atoms with Crippen LogP contribution in [0.5, 0.6) is 0 Å². The number of amides is 3. The normalized spacial score (nSPS) is 17.9. The van der Waals surface area contributed by atoms with Gasteiger partial charge < -0.3 is 20.0 Å². The third-order valence-corrected chi connectivity index (χ3v) is 6.57. The van der Waals surface area contributed by atoms with Gasteiger partial charge in [0.2, 0.25) is 0 Å². The first-order chi connectivity index (χ1) is 16.0. The molecule has 0 saturated carbocycles. The zero-order valence-electron chi connectivity index (χ0n) is 19.4. The molecule has 0 bridgehead atoms. The van der Waals surface area contributed by atoms with Crippen molar-refractivity contribution < 1.29 is 22.8 Å². The average Bonchev–Trinajstić information content (AvgIpc) is 2.78. The highest BCUT2D eigenvalue weighted by molar-refractivity contribution is 6.00. The van der Waals surface area contributed by atoms with Gasteiger partial charge in [0.25, 0.3) is 0 Å². The van der Waals surface area contributed by atoms with E-state index in [4.69, 9.17) is 0 Å². The maximum Gasteiger partial charge on any atom is 0.471 e. The third kappa shape index (κ3) is 4.67. The number of nitrogens with zero attached hydrogens (tertiary/aromatic N) is 4. The van der Waals surface area contributed by atoms with Crippen LogP contribution in [0, 0.1) is 6.92 Å². The summed E-state index contributed by atoms with van der Waals surface area (Å²) < 4.78 is 39.5. The Hall–Kier alpha value is -3.30. The highest BCUT2D eigenvalue weighted by Gasteiger charge is 2.46. The van der Waals surface area contributed by atoms with Crippen molar-refractivity contribution in [3.05, 3.63) is 47.7 Å². The fourth-order valence-corrected chi connectivity index (χ4v) is 4.55. The van der Waals surface area contributed by atoms with Crippen LogP contribution in [0.4, 0.5) is 35.2 Å². The van der Waals surface area contributed by atoms with Crippen molar-refractivity contribution in [2.24, 2.45) is 0 Å². The van der Waals surface area contributed by atoms with Crippen LogP contribution in [-0.2, 0) is 10.2 Å². The molecule has 1 N–H and O–H groups in total. The van der Waals surface area contributed by atoms with Gasteiger partial charge in [0.05, 0.1) is 0 Å². The molecule has 1 aromatic carbocycles. The fourth-order valence-electron chi connectivity index (χ4n) is 4.55. The predicted octanol–water partition coefficient (Wildman–Crippen LogP) is 4.32. The molecule has 3 heterocycles. The molecule has 2 aliphatic heterocycles. The number of nitrogens with one attached hydrogen (secondary N) is 1. The number of pyridine rings is 1. The van der Waals surface area contributed by atoms with E-state index in [1.165, 1.54) is 6.07 Å². The Morgan fingerprint density at radius 3 is 2.41 bits per heavy atom. The summed E-state index contributed by atoms with van der Waals surface area (Å²) in [6.45, 7) is 8.03. The van der Waals surface area contributed by atoms with Gasteiger partial charge >= 0.3 is 18.1 Å². The molecule has 7 nitrogen and oxygen atoms in total. The Morgan fingerprint density at radius 2 is 1.76 bits per heavy atom. The molecule has 3 amide bonds. The predicted molar refractivity (Wildman–Crippen MR) is 124 cm³/mol. The maximum absolute atomic E-state index is 13.2. The quantitative estimate of drug-likeness (QED) is 0.703. The molecular formula is C24H28F3N5O2. The van der Waals surface area contributed by atoms with Gasteiger partial charge in [-0.05, 0) is 48.1 Å². The second-order valence-electron chi connectivity index (χ2n) is 9.37. The van der Waals surface area contributed by atoms with Crippen molar-refractivity contribution in [1.82, 2.24) is 9.88 Å². The average molecular weight is 476 g/mol. The smallest absolute Gasteiger partial charge is 0.353 e. The van der Waals surface area contributed by atoms with Crippen LogP contribution in [0.15, 0.2) is 36.5 Å². The second-order valence-corrected chi connectivity index (χ2v) is 9.37. The second kappa shape index (κ2) is 8.81. The molecular weight excluding hydrogens is 447 g/mol. The number of urea groups is 1. The number of hydrogen-bond donors (Lipinski definition) is 1. The Labute approximate surface area is 196 Å². The molecule has 0 aliphatic carbocycles. The minimum atomic E-state index is -4.97. The summed E-state index contributed by atoms with van der Waals surface area (Å²) >= 11 is 0. The van der Waals surface area contributed by atoms with Crippen LogP contribution < -0.4 is 15.1 Å². The van der Waals surface area contributed by atoms with Gasteiger partial charge in [0, 0.05) is 50.3 Å². The Bertz CT molecular complexity index is 1090. The number of aromatic nitrogens is 1. The first-order valence-electron chi connectivity index (χ1n) is 11.2. The number of fused-ring (bicyclic) bond motifs is 1. The number of piperazine rings is 1. The molecule has 0 spiro atoms. The lowest BCUT2D eigenvalue weighted by atomic mass is 9.77. The summed E-state index contributed by atoms with van der Waals surface area (Å²) in [6.07, 6.45) is -2.82. The molecule has 0 atom stereocenters. The Kier molecular flexibility index (Phi) is 6.18. The van der Waals surface area contributed by atoms with Gasteiger partial charge in [0.1, 0.15) is 5.82 Å². The van der Waals surface area contributed by atoms with Crippen LogP contribution in [0.2, 0.25) is 0 Å². The minimum Gasteiger partial charge on any atom is -0.353 e. The summed E-state index contributed by atoms with van der Waals surface area (Å²) in [5, 5.41) is 2.79. The Morgan fingerprint density at radius 1 is 1.06 bits per heavy atom. The molecule has 34 heavy (non-hydrogen) atoms. The number of carbonyl (C=O) groups excluding carboxylic acids is 2. The zero-order valence-corrected chi connectivity index (χ0v) is 19.4. The van der Waals surface area contributed by atoms with E-state index >= 15 is 0 Å². The van der Waals surface area contributed by atoms with Gasteiger partial charge in [-0.25, -0.2) is 9.78 Å². The van der Waals surface area contributed by atoms with Crippen molar-refractivity contribution in [2.75, 3.05) is 47.8 Å².